The Balaban J connectivity index is 2.21. The van der Waals surface area contributed by atoms with Gasteiger partial charge < -0.3 is 9.57 Å². The molecular weight excluding hydrogens is 314 g/mol. The maximum atomic E-state index is 13.8. The van der Waals surface area contributed by atoms with Gasteiger partial charge in [0.15, 0.2) is 11.6 Å². The van der Waals surface area contributed by atoms with Crippen molar-refractivity contribution in [2.45, 2.75) is 19.2 Å². The van der Waals surface area contributed by atoms with E-state index in [0.29, 0.717) is 6.07 Å². The van der Waals surface area contributed by atoms with E-state index in [1.54, 1.807) is 0 Å². The molecule has 0 N–H and O–H groups in total. The van der Waals surface area contributed by atoms with Crippen molar-refractivity contribution < 1.29 is 41.5 Å². The number of rotatable bonds is 3. The number of hydroxylamine groups is 2. The Morgan fingerprint density at radius 3 is 2.27 bits per heavy atom. The summed E-state index contributed by atoms with van der Waals surface area (Å²) in [6.07, 6.45) is -5.50. The molecule has 118 valence electrons. The third kappa shape index (κ3) is 3.32. The highest BCUT2D eigenvalue weighted by atomic mass is 19.4. The monoisotopic (exact) mass is 321 g/mol. The van der Waals surface area contributed by atoms with Crippen LogP contribution in [0.1, 0.15) is 23.2 Å². The molecule has 2 rings (SSSR count). The Labute approximate surface area is 120 Å². The number of ether oxygens (including phenoxy) is 1. The van der Waals surface area contributed by atoms with Crippen molar-refractivity contribution in [3.05, 3.63) is 29.6 Å². The van der Waals surface area contributed by atoms with Crippen LogP contribution in [0.15, 0.2) is 18.2 Å². The zero-order valence-electron chi connectivity index (χ0n) is 10.6. The quantitative estimate of drug-likeness (QED) is 0.628. The van der Waals surface area contributed by atoms with E-state index in [2.05, 4.69) is 9.57 Å². The molecule has 22 heavy (non-hydrogen) atoms. The second-order valence-corrected chi connectivity index (χ2v) is 4.13. The van der Waals surface area contributed by atoms with E-state index in [0.717, 1.165) is 12.1 Å². The van der Waals surface area contributed by atoms with Crippen molar-refractivity contribution in [2.24, 2.45) is 0 Å². The lowest BCUT2D eigenvalue weighted by Gasteiger charge is -2.14. The first-order chi connectivity index (χ1) is 10.2. The van der Waals surface area contributed by atoms with Crippen LogP contribution in [0.2, 0.25) is 0 Å². The zero-order chi connectivity index (χ0) is 16.5. The summed E-state index contributed by atoms with van der Waals surface area (Å²) in [5, 5.41) is 0.152. The van der Waals surface area contributed by atoms with Gasteiger partial charge in [-0.25, -0.2) is 9.18 Å². The number of amides is 2. The second-order valence-electron chi connectivity index (χ2n) is 4.13. The first-order valence-electron chi connectivity index (χ1n) is 5.81. The van der Waals surface area contributed by atoms with Crippen LogP contribution in [0.4, 0.5) is 17.6 Å². The molecule has 1 aliphatic rings. The Hall–Kier alpha value is -2.65. The number of alkyl halides is 3. The molecule has 0 aromatic heterocycles. The largest absolute Gasteiger partial charge is 0.573 e. The number of benzene rings is 1. The fourth-order valence-corrected chi connectivity index (χ4v) is 1.66. The van der Waals surface area contributed by atoms with Gasteiger partial charge in [0.25, 0.3) is 11.8 Å². The summed E-state index contributed by atoms with van der Waals surface area (Å²) in [6.45, 7) is 0. The minimum atomic E-state index is -5.15. The highest BCUT2D eigenvalue weighted by Crippen LogP contribution is 2.28. The molecule has 1 fully saturated rings. The van der Waals surface area contributed by atoms with Gasteiger partial charge >= 0.3 is 12.3 Å². The van der Waals surface area contributed by atoms with Crippen LogP contribution in [0.3, 0.4) is 0 Å². The van der Waals surface area contributed by atoms with Crippen LogP contribution in [-0.2, 0) is 14.4 Å². The molecule has 0 atom stereocenters. The number of carbonyl (C=O) groups excluding carboxylic acids is 3. The summed E-state index contributed by atoms with van der Waals surface area (Å²) >= 11 is 0. The van der Waals surface area contributed by atoms with E-state index in [-0.39, 0.29) is 17.9 Å². The predicted molar refractivity (Wildman–Crippen MR) is 59.6 cm³/mol. The van der Waals surface area contributed by atoms with Crippen molar-refractivity contribution >= 4 is 17.8 Å². The van der Waals surface area contributed by atoms with E-state index in [1.165, 1.54) is 0 Å². The van der Waals surface area contributed by atoms with Crippen LogP contribution < -0.4 is 4.74 Å². The molecule has 0 radical (unpaired) electrons. The molecular formula is C12H7F4NO5. The van der Waals surface area contributed by atoms with Crippen molar-refractivity contribution in [3.8, 4) is 5.75 Å². The topological polar surface area (TPSA) is 72.9 Å². The molecule has 0 unspecified atom stereocenters. The van der Waals surface area contributed by atoms with Crippen molar-refractivity contribution in [1.82, 2.24) is 5.06 Å². The number of hydrogen-bond donors (Lipinski definition) is 0. The van der Waals surface area contributed by atoms with E-state index in [9.17, 15) is 31.9 Å². The molecule has 1 aliphatic heterocycles. The molecule has 1 saturated heterocycles. The fraction of sp³-hybridized carbons (Fsp3) is 0.250. The third-order valence-corrected chi connectivity index (χ3v) is 2.59. The van der Waals surface area contributed by atoms with Crippen molar-refractivity contribution in [2.75, 3.05) is 0 Å². The van der Waals surface area contributed by atoms with Crippen LogP contribution in [0.25, 0.3) is 0 Å². The van der Waals surface area contributed by atoms with Crippen LogP contribution in [0, 0.1) is 5.82 Å². The molecule has 0 aliphatic carbocycles. The summed E-state index contributed by atoms with van der Waals surface area (Å²) in [5.74, 6) is -5.96. The average Bonchev–Trinajstić information content (AvgIpc) is 2.71. The van der Waals surface area contributed by atoms with Gasteiger partial charge in [-0.3, -0.25) is 9.59 Å². The smallest absolute Gasteiger partial charge is 0.403 e. The lowest BCUT2D eigenvalue weighted by atomic mass is 10.2. The second kappa shape index (κ2) is 5.62. The van der Waals surface area contributed by atoms with Gasteiger partial charge in [0.1, 0.15) is 5.56 Å². The molecule has 1 aromatic rings. The van der Waals surface area contributed by atoms with Crippen LogP contribution in [0.5, 0.6) is 5.75 Å². The molecule has 6 nitrogen and oxygen atoms in total. The Kier molecular flexibility index (Phi) is 4.02. The highest BCUT2D eigenvalue weighted by Gasteiger charge is 2.36. The first-order valence-corrected chi connectivity index (χ1v) is 5.81. The van der Waals surface area contributed by atoms with Crippen molar-refractivity contribution in [1.29, 1.82) is 0 Å². The van der Waals surface area contributed by atoms with Crippen LogP contribution >= 0.6 is 0 Å². The lowest BCUT2D eigenvalue weighted by Crippen LogP contribution is -2.32. The summed E-state index contributed by atoms with van der Waals surface area (Å²) < 4.78 is 53.5. The fourth-order valence-electron chi connectivity index (χ4n) is 1.66. The Bertz CT molecular complexity index is 627. The molecule has 0 saturated carbocycles. The minimum absolute atomic E-state index is 0.152. The van der Waals surface area contributed by atoms with E-state index in [4.69, 9.17) is 0 Å². The Morgan fingerprint density at radius 2 is 1.73 bits per heavy atom. The lowest BCUT2D eigenvalue weighted by molar-refractivity contribution is -0.275. The first kappa shape index (κ1) is 15.7. The predicted octanol–water partition coefficient (Wildman–Crippen LogP) is 1.95. The van der Waals surface area contributed by atoms with E-state index >= 15 is 0 Å². The Morgan fingerprint density at radius 1 is 1.14 bits per heavy atom. The minimum Gasteiger partial charge on any atom is -0.403 e. The number of hydrogen-bond acceptors (Lipinski definition) is 5. The summed E-state index contributed by atoms with van der Waals surface area (Å²) in [6, 6.07) is 2.41. The zero-order valence-corrected chi connectivity index (χ0v) is 10.6. The van der Waals surface area contributed by atoms with Gasteiger partial charge in [-0.2, -0.15) is 0 Å². The molecule has 2 amide bonds. The van der Waals surface area contributed by atoms with Crippen molar-refractivity contribution in [3.63, 3.8) is 0 Å². The average molecular weight is 321 g/mol. The molecule has 10 heteroatoms. The number of carbonyl (C=O) groups is 3. The van der Waals surface area contributed by atoms with Gasteiger partial charge in [-0.1, -0.05) is 6.07 Å². The number of imide groups is 1. The maximum Gasteiger partial charge on any atom is 0.573 e. The molecule has 0 bridgehead atoms. The van der Waals surface area contributed by atoms with Gasteiger partial charge in [0, 0.05) is 12.8 Å². The maximum absolute atomic E-state index is 13.8. The van der Waals surface area contributed by atoms with Gasteiger partial charge in [-0.15, -0.1) is 18.2 Å². The normalized spacial score (nSPS) is 15.2. The highest BCUT2D eigenvalue weighted by molar-refractivity contribution is 6.02. The van der Waals surface area contributed by atoms with E-state index in [1.807, 2.05) is 0 Å². The summed E-state index contributed by atoms with van der Waals surface area (Å²) in [7, 11) is 0. The van der Waals surface area contributed by atoms with E-state index < -0.39 is 41.3 Å². The number of halogens is 4. The standard InChI is InChI=1S/C12H7F4NO5/c13-10-6(2-1-3-7(10)21-12(14,15)16)11(20)22-17-8(18)4-5-9(17)19/h1-3H,4-5H2. The molecule has 1 aromatic carbocycles. The number of nitrogens with zero attached hydrogens (tertiary/aromatic N) is 1. The van der Waals surface area contributed by atoms with Gasteiger partial charge in [0.05, 0.1) is 0 Å². The van der Waals surface area contributed by atoms with Crippen LogP contribution in [-0.4, -0.2) is 29.2 Å². The molecule has 0 spiro atoms. The summed E-state index contributed by atoms with van der Waals surface area (Å²) in [4.78, 5) is 38.6. The van der Waals surface area contributed by atoms with Gasteiger partial charge in [-0.05, 0) is 12.1 Å². The SMILES string of the molecule is O=C(ON1C(=O)CCC1=O)c1cccc(OC(F)(F)F)c1F. The van der Waals surface area contributed by atoms with Gasteiger partial charge in [0.2, 0.25) is 0 Å². The third-order valence-electron chi connectivity index (χ3n) is 2.59. The molecule has 1 heterocycles. The summed E-state index contributed by atoms with van der Waals surface area (Å²) in [5.41, 5.74) is -0.908.